The van der Waals surface area contributed by atoms with Crippen LogP contribution in [0.1, 0.15) is 5.56 Å². The van der Waals surface area contributed by atoms with E-state index in [0.717, 1.165) is 5.56 Å². The van der Waals surface area contributed by atoms with Crippen LogP contribution in [0.25, 0.3) is 11.4 Å². The third-order valence-electron chi connectivity index (χ3n) is 2.80. The molecule has 2 aliphatic rings. The molecule has 0 radical (unpaired) electrons. The topological polar surface area (TPSA) is 140 Å². The lowest BCUT2D eigenvalue weighted by atomic mass is 10.2. The van der Waals surface area contributed by atoms with Crippen LogP contribution >= 0.6 is 0 Å². The third-order valence-corrected chi connectivity index (χ3v) is 2.80. The number of aromatic nitrogens is 3. The summed E-state index contributed by atoms with van der Waals surface area (Å²) < 4.78 is 0. The number of fused-ring (bicyclic) bond motifs is 1. The molecule has 0 saturated heterocycles. The van der Waals surface area contributed by atoms with Gasteiger partial charge in [0.2, 0.25) is 0 Å². The summed E-state index contributed by atoms with van der Waals surface area (Å²) in [5.41, 5.74) is 7.82. The zero-order chi connectivity index (χ0) is 13.8. The minimum Gasteiger partial charge on any atom is -0.394 e. The van der Waals surface area contributed by atoms with Crippen molar-refractivity contribution in [3.8, 4) is 11.4 Å². The molecule has 0 aromatic heterocycles. The molecule has 0 aromatic rings. The van der Waals surface area contributed by atoms with Crippen molar-refractivity contribution in [3.63, 3.8) is 0 Å². The van der Waals surface area contributed by atoms with E-state index in [1.54, 1.807) is 12.4 Å². The molecule has 0 amide bonds. The number of hydrogen-bond acceptors (Lipinski definition) is 7. The van der Waals surface area contributed by atoms with Gasteiger partial charge in [-0.1, -0.05) is 0 Å². The number of H-pyrrole nitrogens is 1. The first-order chi connectivity index (χ1) is 9.11. The molecule has 8 nitrogen and oxygen atoms in total. The Morgan fingerprint density at radius 2 is 2.16 bits per heavy atom. The van der Waals surface area contributed by atoms with Crippen molar-refractivity contribution in [2.24, 2.45) is 0 Å². The first-order valence-electron chi connectivity index (χ1n) is 5.88. The highest BCUT2D eigenvalue weighted by Crippen LogP contribution is 2.22. The molecule has 0 fully saturated rings. The average Bonchev–Trinajstić information content (AvgIpc) is 2.80. The van der Waals surface area contributed by atoms with E-state index in [1.807, 2.05) is 0 Å². The zero-order valence-electron chi connectivity index (χ0n) is 10.2. The Hall–Kier alpha value is -1.74. The van der Waals surface area contributed by atoms with Crippen LogP contribution in [0.15, 0.2) is 12.4 Å². The molecule has 0 aromatic carbocycles. The number of anilines is 1. The lowest BCUT2D eigenvalue weighted by molar-refractivity contribution is -0.0129. The van der Waals surface area contributed by atoms with Gasteiger partial charge >= 0.3 is 0 Å². The number of nitrogen functional groups attached to an aromatic ring is 1. The molecule has 0 aliphatic carbocycles. The molecule has 19 heavy (non-hydrogen) atoms. The predicted molar refractivity (Wildman–Crippen MR) is 68.2 cm³/mol. The summed E-state index contributed by atoms with van der Waals surface area (Å²) in [6.45, 7) is 0.114. The lowest BCUT2D eigenvalue weighted by Crippen LogP contribution is -2.38. The summed E-state index contributed by atoms with van der Waals surface area (Å²) in [4.78, 5) is 11.1. The number of nitrogens with two attached hydrogens (primary N) is 1. The molecule has 104 valence electrons. The van der Waals surface area contributed by atoms with Crippen LogP contribution in [0.2, 0.25) is 0 Å². The highest BCUT2D eigenvalue weighted by molar-refractivity contribution is 5.61. The maximum Gasteiger partial charge on any atom is 0.198 e. The fourth-order valence-electron chi connectivity index (χ4n) is 1.71. The van der Waals surface area contributed by atoms with Crippen molar-refractivity contribution < 1.29 is 15.3 Å². The second-order valence-electron chi connectivity index (χ2n) is 4.25. The van der Waals surface area contributed by atoms with E-state index >= 15 is 0 Å². The molecular formula is C11H17N5O3. The van der Waals surface area contributed by atoms with Gasteiger partial charge in [-0.15, -0.1) is 0 Å². The number of nitrogens with one attached hydrogen (secondary N) is 2. The van der Waals surface area contributed by atoms with Crippen molar-refractivity contribution in [2.45, 2.75) is 18.8 Å². The summed E-state index contributed by atoms with van der Waals surface area (Å²) in [6.07, 6.45) is 1.18. The second kappa shape index (κ2) is 5.93. The highest BCUT2D eigenvalue weighted by atomic mass is 16.4. The Bertz CT molecular complexity index is 503. The van der Waals surface area contributed by atoms with Gasteiger partial charge in [0.1, 0.15) is 17.5 Å². The van der Waals surface area contributed by atoms with Gasteiger partial charge in [0.25, 0.3) is 0 Å². The van der Waals surface area contributed by atoms with E-state index in [9.17, 15) is 10.2 Å². The summed E-state index contributed by atoms with van der Waals surface area (Å²) in [5, 5.41) is 30.3. The summed E-state index contributed by atoms with van der Waals surface area (Å²) in [5.74, 6) is 0.303. The van der Waals surface area contributed by atoms with Crippen molar-refractivity contribution in [3.05, 3.63) is 18.0 Å². The van der Waals surface area contributed by atoms with Crippen LogP contribution in [0, 0.1) is 0 Å². The maximum atomic E-state index is 9.47. The van der Waals surface area contributed by atoms with Gasteiger partial charge < -0.3 is 31.4 Å². The van der Waals surface area contributed by atoms with E-state index < -0.39 is 18.8 Å². The van der Waals surface area contributed by atoms with Crippen LogP contribution in [0.3, 0.4) is 0 Å². The SMILES string of the molecule is Nc1nc2c(CNC[C@@H](O)[C@@H](O)CO)cnc-2c[nH]1. The second-order valence-corrected chi connectivity index (χ2v) is 4.25. The van der Waals surface area contributed by atoms with Crippen molar-refractivity contribution in [1.29, 1.82) is 0 Å². The van der Waals surface area contributed by atoms with Crippen molar-refractivity contribution in [1.82, 2.24) is 20.3 Å². The van der Waals surface area contributed by atoms with E-state index in [4.69, 9.17) is 10.8 Å². The van der Waals surface area contributed by atoms with Crippen LogP contribution in [0.4, 0.5) is 5.95 Å². The van der Waals surface area contributed by atoms with Gasteiger partial charge in [-0.25, -0.2) is 4.98 Å². The molecular weight excluding hydrogens is 250 g/mol. The van der Waals surface area contributed by atoms with Crippen LogP contribution in [0.5, 0.6) is 0 Å². The molecule has 0 bridgehead atoms. The van der Waals surface area contributed by atoms with Crippen molar-refractivity contribution >= 4 is 5.95 Å². The van der Waals surface area contributed by atoms with E-state index in [-0.39, 0.29) is 6.54 Å². The number of nitrogens with zero attached hydrogens (tertiary/aromatic N) is 2. The minimum absolute atomic E-state index is 0.156. The summed E-state index contributed by atoms with van der Waals surface area (Å²) in [6, 6.07) is 0. The molecule has 2 rings (SSSR count). The molecule has 7 N–H and O–H groups in total. The first-order valence-corrected chi connectivity index (χ1v) is 5.88. The average molecular weight is 267 g/mol. The van der Waals surface area contributed by atoms with Gasteiger partial charge in [-0.3, -0.25) is 4.98 Å². The Labute approximate surface area is 109 Å². The number of hydrogen-bond donors (Lipinski definition) is 6. The Morgan fingerprint density at radius 1 is 1.37 bits per heavy atom. The predicted octanol–water partition coefficient (Wildman–Crippen LogP) is -1.70. The molecule has 0 saturated carbocycles. The molecule has 8 heteroatoms. The third kappa shape index (κ3) is 3.18. The van der Waals surface area contributed by atoms with Crippen LogP contribution in [-0.4, -0.2) is 55.6 Å². The van der Waals surface area contributed by atoms with E-state index in [0.29, 0.717) is 23.9 Å². The molecule has 0 spiro atoms. The molecule has 0 unspecified atom stereocenters. The monoisotopic (exact) mass is 267 g/mol. The van der Waals surface area contributed by atoms with Crippen LogP contribution in [-0.2, 0) is 6.54 Å². The zero-order valence-corrected chi connectivity index (χ0v) is 10.2. The largest absolute Gasteiger partial charge is 0.394 e. The smallest absolute Gasteiger partial charge is 0.198 e. The summed E-state index contributed by atoms with van der Waals surface area (Å²) >= 11 is 0. The van der Waals surface area contributed by atoms with Crippen molar-refractivity contribution in [2.75, 3.05) is 18.9 Å². The molecule has 2 atom stereocenters. The number of aliphatic hydroxyl groups is 3. The maximum absolute atomic E-state index is 9.47. The molecule has 2 aliphatic heterocycles. The molecule has 2 heterocycles. The quantitative estimate of drug-likeness (QED) is 0.366. The Kier molecular flexibility index (Phi) is 4.27. The number of aliphatic hydroxyl groups excluding tert-OH is 3. The van der Waals surface area contributed by atoms with E-state index in [1.165, 1.54) is 0 Å². The van der Waals surface area contributed by atoms with Gasteiger partial charge in [0.05, 0.1) is 12.7 Å². The summed E-state index contributed by atoms with van der Waals surface area (Å²) in [7, 11) is 0. The van der Waals surface area contributed by atoms with Gasteiger partial charge in [-0.05, 0) is 0 Å². The van der Waals surface area contributed by atoms with Gasteiger partial charge in [-0.2, -0.15) is 0 Å². The van der Waals surface area contributed by atoms with Gasteiger partial charge in [0, 0.05) is 31.0 Å². The minimum atomic E-state index is -1.15. The lowest BCUT2D eigenvalue weighted by Gasteiger charge is -2.15. The Balaban J connectivity index is 1.94. The highest BCUT2D eigenvalue weighted by Gasteiger charge is 2.16. The first kappa shape index (κ1) is 13.7. The number of aromatic amines is 1. The van der Waals surface area contributed by atoms with Gasteiger partial charge in [0.15, 0.2) is 5.95 Å². The fraction of sp³-hybridized carbons (Fsp3) is 0.455. The Morgan fingerprint density at radius 3 is 2.89 bits per heavy atom. The van der Waals surface area contributed by atoms with E-state index in [2.05, 4.69) is 20.3 Å². The normalized spacial score (nSPS) is 14.7. The standard InChI is InChI=1S/C11H17N5O3/c12-11-15-3-7-10(16-11)6(2-14-7)1-13-4-8(18)9(19)5-17/h2-3,8-9,13,17-19H,1,4-5H2,(H3,12,15,16)/t8-,9+/m1/s1. The van der Waals surface area contributed by atoms with Crippen LogP contribution < -0.4 is 11.1 Å². The fourth-order valence-corrected chi connectivity index (χ4v) is 1.71. The number of rotatable bonds is 6.